The lowest BCUT2D eigenvalue weighted by Crippen LogP contribution is -2.43. The minimum absolute atomic E-state index is 0.139. The van der Waals surface area contributed by atoms with Crippen molar-refractivity contribution in [1.29, 1.82) is 0 Å². The fraction of sp³-hybridized carbons (Fsp3) is 0.500. The molecule has 0 bridgehead atoms. The van der Waals surface area contributed by atoms with E-state index in [9.17, 15) is 4.79 Å². The van der Waals surface area contributed by atoms with Crippen molar-refractivity contribution in [3.8, 4) is 0 Å². The van der Waals surface area contributed by atoms with Crippen molar-refractivity contribution in [3.63, 3.8) is 0 Å². The van der Waals surface area contributed by atoms with Crippen LogP contribution in [0.15, 0.2) is 18.2 Å². The van der Waals surface area contributed by atoms with Gasteiger partial charge < -0.3 is 10.6 Å². The second kappa shape index (κ2) is 6.52. The molecule has 1 heterocycles. The molecule has 1 saturated carbocycles. The predicted octanol–water partition coefficient (Wildman–Crippen LogP) is 3.95. The Labute approximate surface area is 136 Å². The monoisotopic (exact) mass is 312 g/mol. The van der Waals surface area contributed by atoms with Crippen LogP contribution in [0, 0.1) is 19.8 Å². The van der Waals surface area contributed by atoms with E-state index in [2.05, 4.69) is 27.5 Å². The molecule has 23 heavy (non-hydrogen) atoms. The van der Waals surface area contributed by atoms with Gasteiger partial charge in [0.05, 0.1) is 22.4 Å². The molecule has 0 aliphatic heterocycles. The molecule has 122 valence electrons. The molecular weight excluding hydrogens is 288 g/mol. The Balaban J connectivity index is 1.70. The number of amides is 2. The number of carbonyl (C=O) groups excluding carboxylic acids is 1. The van der Waals surface area contributed by atoms with Gasteiger partial charge in [0.2, 0.25) is 0 Å². The molecule has 2 amide bonds. The first-order valence-electron chi connectivity index (χ1n) is 8.35. The van der Waals surface area contributed by atoms with Gasteiger partial charge in [0, 0.05) is 11.7 Å². The molecule has 1 aromatic carbocycles. The second-order valence-corrected chi connectivity index (χ2v) is 6.56. The van der Waals surface area contributed by atoms with Gasteiger partial charge in [0.1, 0.15) is 0 Å². The lowest BCUT2D eigenvalue weighted by Gasteiger charge is -2.29. The number of nitrogens with zero attached hydrogens (tertiary/aromatic N) is 2. The lowest BCUT2D eigenvalue weighted by atomic mass is 9.86. The highest BCUT2D eigenvalue weighted by Crippen LogP contribution is 2.24. The molecular formula is C18H24N4O. The first kappa shape index (κ1) is 15.7. The van der Waals surface area contributed by atoms with Gasteiger partial charge in [-0.05, 0) is 50.8 Å². The maximum absolute atomic E-state index is 12.2. The summed E-state index contributed by atoms with van der Waals surface area (Å²) in [6.07, 6.45) is 4.72. The van der Waals surface area contributed by atoms with Crippen LogP contribution in [0.1, 0.15) is 44.0 Å². The first-order valence-corrected chi connectivity index (χ1v) is 8.35. The number of hydrogen-bond donors (Lipinski definition) is 2. The Morgan fingerprint density at radius 2 is 1.78 bits per heavy atom. The molecule has 2 aromatic rings. The maximum atomic E-state index is 12.2. The largest absolute Gasteiger partial charge is 0.335 e. The number of hydrogen-bond acceptors (Lipinski definition) is 3. The molecule has 1 aliphatic carbocycles. The minimum atomic E-state index is -0.139. The number of urea groups is 1. The SMILES string of the molecule is Cc1nc2ccc(NC(=O)NC3CCCCC3C)cc2nc1C. The van der Waals surface area contributed by atoms with Crippen molar-refractivity contribution in [1.82, 2.24) is 15.3 Å². The fourth-order valence-electron chi connectivity index (χ4n) is 3.17. The van der Waals surface area contributed by atoms with Crippen LogP contribution in [0.3, 0.4) is 0 Å². The van der Waals surface area contributed by atoms with Crippen LogP contribution in [-0.2, 0) is 0 Å². The third-order valence-electron chi connectivity index (χ3n) is 4.76. The lowest BCUT2D eigenvalue weighted by molar-refractivity contribution is 0.232. The zero-order chi connectivity index (χ0) is 16.4. The minimum Gasteiger partial charge on any atom is -0.335 e. The topological polar surface area (TPSA) is 66.9 Å². The van der Waals surface area contributed by atoms with Gasteiger partial charge in [-0.3, -0.25) is 0 Å². The summed E-state index contributed by atoms with van der Waals surface area (Å²) in [5, 5.41) is 6.02. The van der Waals surface area contributed by atoms with Crippen LogP contribution in [0.25, 0.3) is 11.0 Å². The summed E-state index contributed by atoms with van der Waals surface area (Å²) in [5.74, 6) is 0.544. The summed E-state index contributed by atoms with van der Waals surface area (Å²) >= 11 is 0. The Hall–Kier alpha value is -2.17. The third kappa shape index (κ3) is 3.60. The van der Waals surface area contributed by atoms with Crippen LogP contribution in [-0.4, -0.2) is 22.0 Å². The molecule has 0 saturated heterocycles. The summed E-state index contributed by atoms with van der Waals surface area (Å²) in [5.41, 5.74) is 4.24. The molecule has 2 N–H and O–H groups in total. The van der Waals surface area contributed by atoms with E-state index >= 15 is 0 Å². The van der Waals surface area contributed by atoms with Crippen molar-refractivity contribution >= 4 is 22.8 Å². The van der Waals surface area contributed by atoms with E-state index in [1.807, 2.05) is 32.0 Å². The van der Waals surface area contributed by atoms with Crippen molar-refractivity contribution in [3.05, 3.63) is 29.6 Å². The quantitative estimate of drug-likeness (QED) is 0.882. The van der Waals surface area contributed by atoms with Crippen molar-refractivity contribution < 1.29 is 4.79 Å². The number of fused-ring (bicyclic) bond motifs is 1. The molecule has 2 atom stereocenters. The van der Waals surface area contributed by atoms with Gasteiger partial charge >= 0.3 is 6.03 Å². The molecule has 5 heteroatoms. The van der Waals surface area contributed by atoms with E-state index in [0.717, 1.165) is 34.5 Å². The molecule has 1 aromatic heterocycles. The van der Waals surface area contributed by atoms with Gasteiger partial charge in [-0.15, -0.1) is 0 Å². The fourth-order valence-corrected chi connectivity index (χ4v) is 3.17. The van der Waals surface area contributed by atoms with Crippen molar-refractivity contribution in [2.75, 3.05) is 5.32 Å². The van der Waals surface area contributed by atoms with Gasteiger partial charge in [-0.2, -0.15) is 0 Å². The molecule has 3 rings (SSSR count). The molecule has 1 aliphatic rings. The summed E-state index contributed by atoms with van der Waals surface area (Å²) in [4.78, 5) is 21.3. The summed E-state index contributed by atoms with van der Waals surface area (Å²) < 4.78 is 0. The van der Waals surface area contributed by atoms with Gasteiger partial charge in [-0.25, -0.2) is 14.8 Å². The van der Waals surface area contributed by atoms with E-state index in [1.165, 1.54) is 19.3 Å². The first-order chi connectivity index (χ1) is 11.0. The molecule has 1 fully saturated rings. The Morgan fingerprint density at radius 1 is 1.09 bits per heavy atom. The van der Waals surface area contributed by atoms with Gasteiger partial charge in [-0.1, -0.05) is 19.8 Å². The van der Waals surface area contributed by atoms with Crippen LogP contribution in [0.2, 0.25) is 0 Å². The zero-order valence-corrected chi connectivity index (χ0v) is 14.0. The van der Waals surface area contributed by atoms with Gasteiger partial charge in [0.25, 0.3) is 0 Å². The summed E-state index contributed by atoms with van der Waals surface area (Å²) in [6, 6.07) is 5.77. The van der Waals surface area contributed by atoms with E-state index < -0.39 is 0 Å². The van der Waals surface area contributed by atoms with E-state index in [-0.39, 0.29) is 12.1 Å². The Kier molecular flexibility index (Phi) is 4.46. The van der Waals surface area contributed by atoms with Crippen LogP contribution in [0.5, 0.6) is 0 Å². The number of benzene rings is 1. The average molecular weight is 312 g/mol. The highest BCUT2D eigenvalue weighted by Gasteiger charge is 2.22. The number of rotatable bonds is 2. The predicted molar refractivity (Wildman–Crippen MR) is 92.6 cm³/mol. The number of aromatic nitrogens is 2. The van der Waals surface area contributed by atoms with E-state index in [4.69, 9.17) is 0 Å². The standard InChI is InChI=1S/C18H24N4O/c1-11-6-4-5-7-15(11)22-18(23)21-14-8-9-16-17(10-14)20-13(3)12(2)19-16/h8-11,15H,4-7H2,1-3H3,(H2,21,22,23). The van der Waals surface area contributed by atoms with Crippen molar-refractivity contribution in [2.45, 2.75) is 52.5 Å². The average Bonchev–Trinajstić information content (AvgIpc) is 2.51. The number of anilines is 1. The number of aryl methyl sites for hydroxylation is 2. The second-order valence-electron chi connectivity index (χ2n) is 6.56. The summed E-state index contributed by atoms with van der Waals surface area (Å²) in [6.45, 7) is 6.10. The Bertz CT molecular complexity index is 728. The van der Waals surface area contributed by atoms with Crippen LogP contribution in [0.4, 0.5) is 10.5 Å². The zero-order valence-electron chi connectivity index (χ0n) is 14.0. The highest BCUT2D eigenvalue weighted by molar-refractivity contribution is 5.92. The van der Waals surface area contributed by atoms with E-state index in [1.54, 1.807) is 0 Å². The summed E-state index contributed by atoms with van der Waals surface area (Å²) in [7, 11) is 0. The van der Waals surface area contributed by atoms with Crippen molar-refractivity contribution in [2.24, 2.45) is 5.92 Å². The number of carbonyl (C=O) groups is 1. The highest BCUT2D eigenvalue weighted by atomic mass is 16.2. The van der Waals surface area contributed by atoms with Gasteiger partial charge in [0.15, 0.2) is 0 Å². The van der Waals surface area contributed by atoms with Crippen LogP contribution >= 0.6 is 0 Å². The van der Waals surface area contributed by atoms with E-state index in [0.29, 0.717) is 5.92 Å². The number of nitrogens with one attached hydrogen (secondary N) is 2. The smallest absolute Gasteiger partial charge is 0.319 e. The molecule has 5 nitrogen and oxygen atoms in total. The Morgan fingerprint density at radius 3 is 2.52 bits per heavy atom. The molecule has 2 unspecified atom stereocenters. The third-order valence-corrected chi connectivity index (χ3v) is 4.76. The normalized spacial score (nSPS) is 21.2. The molecule has 0 spiro atoms. The molecule has 0 radical (unpaired) electrons. The maximum Gasteiger partial charge on any atom is 0.319 e. The van der Waals surface area contributed by atoms with Crippen LogP contribution < -0.4 is 10.6 Å².